The summed E-state index contributed by atoms with van der Waals surface area (Å²) >= 11 is 0. The zero-order chi connectivity index (χ0) is 8.81. The third-order valence-corrected chi connectivity index (χ3v) is 2.59. The van der Waals surface area contributed by atoms with E-state index in [0.29, 0.717) is 12.6 Å². The van der Waals surface area contributed by atoms with E-state index in [2.05, 4.69) is 11.9 Å². The number of hydrogen-bond donors (Lipinski definition) is 2. The van der Waals surface area contributed by atoms with E-state index in [1.807, 2.05) is 6.08 Å². The van der Waals surface area contributed by atoms with E-state index in [1.54, 1.807) is 0 Å². The Morgan fingerprint density at radius 3 is 3.08 bits per heavy atom. The van der Waals surface area contributed by atoms with Crippen molar-refractivity contribution >= 4 is 0 Å². The van der Waals surface area contributed by atoms with Crippen LogP contribution in [0.2, 0.25) is 0 Å². The molecule has 0 saturated carbocycles. The molecule has 2 nitrogen and oxygen atoms in total. The van der Waals surface area contributed by atoms with Gasteiger partial charge in [0, 0.05) is 12.6 Å². The summed E-state index contributed by atoms with van der Waals surface area (Å²) in [6, 6.07) is 0.604. The summed E-state index contributed by atoms with van der Waals surface area (Å²) in [5.41, 5.74) is 0. The van der Waals surface area contributed by atoms with Gasteiger partial charge in [0.15, 0.2) is 0 Å². The van der Waals surface area contributed by atoms with Crippen LogP contribution in [-0.4, -0.2) is 24.3 Å². The molecule has 0 unspecified atom stereocenters. The molecule has 12 heavy (non-hydrogen) atoms. The van der Waals surface area contributed by atoms with Gasteiger partial charge >= 0.3 is 0 Å². The van der Waals surface area contributed by atoms with Gasteiger partial charge < -0.3 is 10.4 Å². The lowest BCUT2D eigenvalue weighted by Gasteiger charge is -2.29. The lowest BCUT2D eigenvalue weighted by atomic mass is 9.89. The van der Waals surface area contributed by atoms with Gasteiger partial charge in [0.05, 0.1) is 0 Å². The van der Waals surface area contributed by atoms with Crippen LogP contribution >= 0.6 is 0 Å². The first-order valence-corrected chi connectivity index (χ1v) is 4.82. The summed E-state index contributed by atoms with van der Waals surface area (Å²) < 4.78 is 0. The van der Waals surface area contributed by atoms with E-state index >= 15 is 0 Å². The number of aliphatic hydroxyl groups is 1. The Labute approximate surface area is 74.7 Å². The minimum absolute atomic E-state index is 0.339. The molecule has 1 fully saturated rings. The summed E-state index contributed by atoms with van der Waals surface area (Å²) in [4.78, 5) is 0. The molecule has 0 aromatic heterocycles. The van der Waals surface area contributed by atoms with Crippen molar-refractivity contribution in [1.82, 2.24) is 5.32 Å². The van der Waals surface area contributed by atoms with Crippen LogP contribution in [0, 0.1) is 5.92 Å². The fraction of sp³-hybridized carbons (Fsp3) is 0.800. The van der Waals surface area contributed by atoms with Crippen molar-refractivity contribution in [1.29, 1.82) is 0 Å². The Morgan fingerprint density at radius 1 is 1.58 bits per heavy atom. The number of rotatable bonds is 4. The van der Waals surface area contributed by atoms with Crippen LogP contribution in [0.15, 0.2) is 12.7 Å². The second-order valence-electron chi connectivity index (χ2n) is 3.58. The largest absolute Gasteiger partial charge is 0.396 e. The summed E-state index contributed by atoms with van der Waals surface area (Å²) in [5.74, 6) is 0.723. The molecule has 2 N–H and O–H groups in total. The Balaban J connectivity index is 2.24. The van der Waals surface area contributed by atoms with Crippen molar-refractivity contribution in [3.8, 4) is 0 Å². The van der Waals surface area contributed by atoms with E-state index in [-0.39, 0.29) is 0 Å². The maximum absolute atomic E-state index is 8.79. The zero-order valence-corrected chi connectivity index (χ0v) is 7.63. The van der Waals surface area contributed by atoms with E-state index < -0.39 is 0 Å². The molecule has 1 rings (SSSR count). The molecule has 0 aromatic carbocycles. The number of nitrogens with one attached hydrogen (secondary N) is 1. The normalized spacial score (nSPS) is 30.1. The van der Waals surface area contributed by atoms with E-state index in [1.165, 1.54) is 12.8 Å². The molecule has 1 aliphatic rings. The number of aliphatic hydroxyl groups excluding tert-OH is 1. The molecule has 0 bridgehead atoms. The average molecular weight is 169 g/mol. The van der Waals surface area contributed by atoms with Crippen molar-refractivity contribution in [3.05, 3.63) is 12.7 Å². The highest BCUT2D eigenvalue weighted by atomic mass is 16.3. The van der Waals surface area contributed by atoms with Crippen molar-refractivity contribution in [2.75, 3.05) is 13.2 Å². The van der Waals surface area contributed by atoms with Crippen molar-refractivity contribution in [3.63, 3.8) is 0 Å². The molecule has 0 aromatic rings. The second-order valence-corrected chi connectivity index (χ2v) is 3.58. The summed E-state index contributed by atoms with van der Waals surface area (Å²) in [5, 5.41) is 12.2. The Morgan fingerprint density at radius 2 is 2.42 bits per heavy atom. The number of piperidine rings is 1. The van der Waals surface area contributed by atoms with Gasteiger partial charge in [-0.2, -0.15) is 0 Å². The van der Waals surface area contributed by atoms with Crippen LogP contribution in [0.3, 0.4) is 0 Å². The lowest BCUT2D eigenvalue weighted by Crippen LogP contribution is -2.37. The smallest absolute Gasteiger partial charge is 0.0433 e. The first kappa shape index (κ1) is 9.75. The van der Waals surface area contributed by atoms with Crippen LogP contribution < -0.4 is 5.32 Å². The SMILES string of the molecule is C=CC[C@H]1C[C@H](CCO)CCN1. The second kappa shape index (κ2) is 5.33. The first-order valence-electron chi connectivity index (χ1n) is 4.82. The van der Waals surface area contributed by atoms with Crippen molar-refractivity contribution in [2.45, 2.75) is 31.7 Å². The molecule has 1 heterocycles. The van der Waals surface area contributed by atoms with Crippen LogP contribution in [0.5, 0.6) is 0 Å². The Hall–Kier alpha value is -0.340. The lowest BCUT2D eigenvalue weighted by molar-refractivity contribution is 0.216. The molecule has 0 aliphatic carbocycles. The topological polar surface area (TPSA) is 32.3 Å². The average Bonchev–Trinajstić information content (AvgIpc) is 2.06. The summed E-state index contributed by atoms with van der Waals surface area (Å²) in [7, 11) is 0. The molecule has 1 saturated heterocycles. The standard InChI is InChI=1S/C10H19NO/c1-2-3-10-8-9(5-7-12)4-6-11-10/h2,9-12H,1,3-8H2/t9-,10-/m0/s1. The Bertz CT molecular complexity index is 134. The third kappa shape index (κ3) is 2.95. The van der Waals surface area contributed by atoms with E-state index in [4.69, 9.17) is 5.11 Å². The monoisotopic (exact) mass is 169 g/mol. The van der Waals surface area contributed by atoms with Crippen LogP contribution in [0.1, 0.15) is 25.7 Å². The predicted molar refractivity (Wildman–Crippen MR) is 51.0 cm³/mol. The Kier molecular flexibility index (Phi) is 4.33. The molecular weight excluding hydrogens is 150 g/mol. The van der Waals surface area contributed by atoms with Crippen LogP contribution in [0.25, 0.3) is 0 Å². The third-order valence-electron chi connectivity index (χ3n) is 2.59. The molecular formula is C10H19NO. The molecule has 2 heteroatoms. The van der Waals surface area contributed by atoms with Crippen LogP contribution in [-0.2, 0) is 0 Å². The summed E-state index contributed by atoms with van der Waals surface area (Å²) in [6.45, 7) is 5.18. The van der Waals surface area contributed by atoms with E-state index in [9.17, 15) is 0 Å². The van der Waals surface area contributed by atoms with Gasteiger partial charge in [0.2, 0.25) is 0 Å². The number of hydrogen-bond acceptors (Lipinski definition) is 2. The van der Waals surface area contributed by atoms with Gasteiger partial charge in [0.1, 0.15) is 0 Å². The molecule has 70 valence electrons. The maximum Gasteiger partial charge on any atom is 0.0433 e. The highest BCUT2D eigenvalue weighted by molar-refractivity contribution is 4.83. The molecule has 0 spiro atoms. The maximum atomic E-state index is 8.79. The van der Waals surface area contributed by atoms with E-state index in [0.717, 1.165) is 25.3 Å². The molecule has 2 atom stereocenters. The van der Waals surface area contributed by atoms with Crippen molar-refractivity contribution < 1.29 is 5.11 Å². The molecule has 0 radical (unpaired) electrons. The fourth-order valence-electron chi connectivity index (χ4n) is 1.92. The van der Waals surface area contributed by atoms with Gasteiger partial charge in [-0.1, -0.05) is 6.08 Å². The van der Waals surface area contributed by atoms with Gasteiger partial charge in [-0.25, -0.2) is 0 Å². The predicted octanol–water partition coefficient (Wildman–Crippen LogP) is 1.31. The van der Waals surface area contributed by atoms with Gasteiger partial charge in [-0.05, 0) is 38.1 Å². The van der Waals surface area contributed by atoms with Gasteiger partial charge in [-0.15, -0.1) is 6.58 Å². The highest BCUT2D eigenvalue weighted by Gasteiger charge is 2.19. The van der Waals surface area contributed by atoms with Gasteiger partial charge in [0.25, 0.3) is 0 Å². The summed E-state index contributed by atoms with van der Waals surface area (Å²) in [6.07, 6.45) is 6.41. The quantitative estimate of drug-likeness (QED) is 0.622. The highest BCUT2D eigenvalue weighted by Crippen LogP contribution is 2.20. The molecule has 1 aliphatic heterocycles. The minimum atomic E-state index is 0.339. The zero-order valence-electron chi connectivity index (χ0n) is 7.63. The minimum Gasteiger partial charge on any atom is -0.396 e. The van der Waals surface area contributed by atoms with Crippen molar-refractivity contribution in [2.24, 2.45) is 5.92 Å². The van der Waals surface area contributed by atoms with Crippen LogP contribution in [0.4, 0.5) is 0 Å². The molecule has 0 amide bonds. The first-order chi connectivity index (χ1) is 5.86. The fourth-order valence-corrected chi connectivity index (χ4v) is 1.92. The van der Waals surface area contributed by atoms with Gasteiger partial charge in [-0.3, -0.25) is 0 Å².